The number of imidazole rings is 1. The Hall–Kier alpha value is -1.40. The summed E-state index contributed by atoms with van der Waals surface area (Å²) in [7, 11) is 2.08. The third kappa shape index (κ3) is 3.15. The fourth-order valence-corrected chi connectivity index (χ4v) is 3.74. The Morgan fingerprint density at radius 3 is 2.70 bits per heavy atom. The van der Waals surface area contributed by atoms with Crippen LogP contribution in [-0.4, -0.2) is 46.2 Å². The molecule has 1 amide bonds. The second-order valence-corrected chi connectivity index (χ2v) is 7.06. The molecular formula is C17H28N4O2. The number of carbonyl (C=O) groups excluding carboxylic acids is 1. The Balaban J connectivity index is 1.71. The second-order valence-electron chi connectivity index (χ2n) is 7.06. The molecule has 0 spiro atoms. The predicted octanol–water partition coefficient (Wildman–Crippen LogP) is 1.18. The lowest BCUT2D eigenvalue weighted by Gasteiger charge is -2.33. The molecule has 2 N–H and O–H groups in total. The summed E-state index contributed by atoms with van der Waals surface area (Å²) in [5.41, 5.74) is 8.55. The van der Waals surface area contributed by atoms with Crippen molar-refractivity contribution in [2.24, 2.45) is 18.7 Å². The van der Waals surface area contributed by atoms with Gasteiger partial charge in [0.2, 0.25) is 5.91 Å². The van der Waals surface area contributed by atoms with E-state index in [2.05, 4.69) is 25.5 Å². The van der Waals surface area contributed by atoms with Gasteiger partial charge in [-0.25, -0.2) is 4.98 Å². The van der Waals surface area contributed by atoms with Gasteiger partial charge in [-0.05, 0) is 18.8 Å². The van der Waals surface area contributed by atoms with E-state index in [0.29, 0.717) is 25.7 Å². The lowest BCUT2D eigenvalue weighted by atomic mass is 9.91. The molecular weight excluding hydrogens is 292 g/mol. The Kier molecular flexibility index (Phi) is 4.73. The molecule has 1 unspecified atom stereocenters. The first-order chi connectivity index (χ1) is 11.0. The van der Waals surface area contributed by atoms with E-state index in [1.165, 1.54) is 5.69 Å². The predicted molar refractivity (Wildman–Crippen MR) is 87.9 cm³/mol. The van der Waals surface area contributed by atoms with E-state index in [1.807, 2.05) is 4.90 Å². The average molecular weight is 320 g/mol. The molecule has 0 saturated carbocycles. The summed E-state index contributed by atoms with van der Waals surface area (Å²) in [6, 6.07) is -0.409. The van der Waals surface area contributed by atoms with Gasteiger partial charge in [-0.3, -0.25) is 4.79 Å². The van der Waals surface area contributed by atoms with Crippen molar-refractivity contribution in [3.63, 3.8) is 0 Å². The number of carbonyl (C=O) groups is 1. The van der Waals surface area contributed by atoms with Crippen molar-refractivity contribution in [3.8, 4) is 0 Å². The van der Waals surface area contributed by atoms with Gasteiger partial charge in [-0.15, -0.1) is 0 Å². The second kappa shape index (κ2) is 6.61. The Labute approximate surface area is 138 Å². The van der Waals surface area contributed by atoms with Gasteiger partial charge in [0.25, 0.3) is 0 Å². The summed E-state index contributed by atoms with van der Waals surface area (Å²) >= 11 is 0. The summed E-state index contributed by atoms with van der Waals surface area (Å²) in [5.74, 6) is 1.80. The van der Waals surface area contributed by atoms with E-state index in [9.17, 15) is 4.79 Å². The monoisotopic (exact) mass is 320 g/mol. The number of aromatic nitrogens is 2. The number of hydrogen-bond donors (Lipinski definition) is 1. The van der Waals surface area contributed by atoms with Crippen molar-refractivity contribution in [2.75, 3.05) is 19.8 Å². The lowest BCUT2D eigenvalue weighted by molar-refractivity contribution is -0.135. The van der Waals surface area contributed by atoms with Crippen molar-refractivity contribution in [3.05, 3.63) is 17.2 Å². The SMILES string of the molecule is CC(C)c1nc2c(n1C)CCN(C(=O)C(N)C1CCOCC1)C2. The van der Waals surface area contributed by atoms with E-state index in [1.54, 1.807) is 0 Å². The highest BCUT2D eigenvalue weighted by Crippen LogP contribution is 2.25. The summed E-state index contributed by atoms with van der Waals surface area (Å²) in [6.07, 6.45) is 2.62. The molecule has 2 aliphatic rings. The molecule has 1 aromatic heterocycles. The zero-order chi connectivity index (χ0) is 16.6. The fraction of sp³-hybridized carbons (Fsp3) is 0.765. The van der Waals surface area contributed by atoms with E-state index >= 15 is 0 Å². The van der Waals surface area contributed by atoms with Crippen molar-refractivity contribution in [1.82, 2.24) is 14.5 Å². The Bertz CT molecular complexity index is 575. The first-order valence-electron chi connectivity index (χ1n) is 8.65. The van der Waals surface area contributed by atoms with Crippen LogP contribution in [0.5, 0.6) is 0 Å². The Morgan fingerprint density at radius 2 is 2.04 bits per heavy atom. The van der Waals surface area contributed by atoms with Crippen LogP contribution in [0.2, 0.25) is 0 Å². The average Bonchev–Trinajstić information content (AvgIpc) is 2.91. The van der Waals surface area contributed by atoms with Gasteiger partial charge in [0.1, 0.15) is 5.82 Å². The van der Waals surface area contributed by atoms with Gasteiger partial charge in [-0.1, -0.05) is 13.8 Å². The zero-order valence-electron chi connectivity index (χ0n) is 14.4. The maximum atomic E-state index is 12.8. The molecule has 0 aromatic carbocycles. The molecule has 0 radical (unpaired) electrons. The Morgan fingerprint density at radius 1 is 1.35 bits per heavy atom. The van der Waals surface area contributed by atoms with E-state index in [-0.39, 0.29) is 11.8 Å². The normalized spacial score (nSPS) is 20.7. The minimum absolute atomic E-state index is 0.0688. The molecule has 6 heteroatoms. The van der Waals surface area contributed by atoms with Gasteiger partial charge in [0.05, 0.1) is 18.3 Å². The highest BCUT2D eigenvalue weighted by Gasteiger charge is 2.33. The van der Waals surface area contributed by atoms with Gasteiger partial charge >= 0.3 is 0 Å². The number of nitrogens with two attached hydrogens (primary N) is 1. The molecule has 6 nitrogen and oxygen atoms in total. The number of nitrogens with zero attached hydrogens (tertiary/aromatic N) is 3. The zero-order valence-corrected chi connectivity index (χ0v) is 14.4. The number of ether oxygens (including phenoxy) is 1. The summed E-state index contributed by atoms with van der Waals surface area (Å²) in [6.45, 7) is 7.06. The van der Waals surface area contributed by atoms with E-state index in [4.69, 9.17) is 15.5 Å². The number of fused-ring (bicyclic) bond motifs is 1. The van der Waals surface area contributed by atoms with Crippen LogP contribution in [-0.2, 0) is 29.5 Å². The minimum Gasteiger partial charge on any atom is -0.381 e. The van der Waals surface area contributed by atoms with Crippen LogP contribution >= 0.6 is 0 Å². The van der Waals surface area contributed by atoms with Crippen LogP contribution in [0, 0.1) is 5.92 Å². The maximum Gasteiger partial charge on any atom is 0.240 e. The van der Waals surface area contributed by atoms with Crippen LogP contribution in [0.25, 0.3) is 0 Å². The fourth-order valence-electron chi connectivity index (χ4n) is 3.74. The van der Waals surface area contributed by atoms with Crippen LogP contribution in [0.3, 0.4) is 0 Å². The van der Waals surface area contributed by atoms with Crippen LogP contribution in [0.15, 0.2) is 0 Å². The van der Waals surface area contributed by atoms with Gasteiger partial charge < -0.3 is 19.9 Å². The molecule has 3 rings (SSSR count). The molecule has 1 fully saturated rings. The molecule has 128 valence electrons. The van der Waals surface area contributed by atoms with E-state index < -0.39 is 6.04 Å². The maximum absolute atomic E-state index is 12.8. The smallest absolute Gasteiger partial charge is 0.240 e. The number of hydrogen-bond acceptors (Lipinski definition) is 4. The van der Waals surface area contributed by atoms with Gasteiger partial charge in [0.15, 0.2) is 0 Å². The van der Waals surface area contributed by atoms with Crippen molar-refractivity contribution < 1.29 is 9.53 Å². The lowest BCUT2D eigenvalue weighted by Crippen LogP contribution is -2.50. The summed E-state index contributed by atoms with van der Waals surface area (Å²) in [5, 5.41) is 0. The molecule has 23 heavy (non-hydrogen) atoms. The molecule has 0 bridgehead atoms. The number of rotatable bonds is 3. The van der Waals surface area contributed by atoms with Crippen LogP contribution < -0.4 is 5.73 Å². The third-order valence-corrected chi connectivity index (χ3v) is 5.18. The first-order valence-corrected chi connectivity index (χ1v) is 8.65. The van der Waals surface area contributed by atoms with Crippen molar-refractivity contribution in [2.45, 2.75) is 51.6 Å². The molecule has 1 atom stereocenters. The molecule has 2 aliphatic heterocycles. The first kappa shape index (κ1) is 16.5. The summed E-state index contributed by atoms with van der Waals surface area (Å²) < 4.78 is 7.56. The van der Waals surface area contributed by atoms with Gasteiger partial charge in [-0.2, -0.15) is 0 Å². The highest BCUT2D eigenvalue weighted by atomic mass is 16.5. The largest absolute Gasteiger partial charge is 0.381 e. The quantitative estimate of drug-likeness (QED) is 0.908. The van der Waals surface area contributed by atoms with Crippen LogP contribution in [0.1, 0.15) is 49.8 Å². The van der Waals surface area contributed by atoms with Crippen molar-refractivity contribution in [1.29, 1.82) is 0 Å². The third-order valence-electron chi connectivity index (χ3n) is 5.18. The minimum atomic E-state index is -0.409. The highest BCUT2D eigenvalue weighted by molar-refractivity contribution is 5.82. The van der Waals surface area contributed by atoms with Crippen molar-refractivity contribution >= 4 is 5.91 Å². The topological polar surface area (TPSA) is 73.4 Å². The standard InChI is InChI=1S/C17H28N4O2/c1-11(2)16-19-13-10-21(7-4-14(13)20(16)3)17(22)15(18)12-5-8-23-9-6-12/h11-12,15H,4-10,18H2,1-3H3. The molecule has 1 aromatic rings. The molecule has 1 saturated heterocycles. The number of amides is 1. The molecule has 3 heterocycles. The van der Waals surface area contributed by atoms with E-state index in [0.717, 1.165) is 37.3 Å². The van der Waals surface area contributed by atoms with Crippen LogP contribution in [0.4, 0.5) is 0 Å². The summed E-state index contributed by atoms with van der Waals surface area (Å²) in [4.78, 5) is 19.4. The molecule has 0 aliphatic carbocycles. The van der Waals surface area contributed by atoms with Gasteiger partial charge in [0, 0.05) is 44.8 Å².